The van der Waals surface area contributed by atoms with Gasteiger partial charge in [0.05, 0.1) is 6.42 Å². The molecule has 92 valence electrons. The van der Waals surface area contributed by atoms with Crippen LogP contribution in [0.5, 0.6) is 0 Å². The van der Waals surface area contributed by atoms with Gasteiger partial charge in [-0.2, -0.15) is 0 Å². The van der Waals surface area contributed by atoms with Gasteiger partial charge in [-0.3, -0.25) is 9.59 Å². The molecule has 17 heavy (non-hydrogen) atoms. The third-order valence-corrected chi connectivity index (χ3v) is 3.06. The second kappa shape index (κ2) is 6.33. The maximum absolute atomic E-state index is 12.0. The fourth-order valence-electron chi connectivity index (χ4n) is 2.04. The van der Waals surface area contributed by atoms with Gasteiger partial charge in [0.15, 0.2) is 5.78 Å². The lowest BCUT2D eigenvalue weighted by molar-refractivity contribution is -0.117. The van der Waals surface area contributed by atoms with Crippen molar-refractivity contribution in [2.24, 2.45) is 0 Å². The van der Waals surface area contributed by atoms with Crippen LogP contribution in [0.1, 0.15) is 55.1 Å². The van der Waals surface area contributed by atoms with Gasteiger partial charge >= 0.3 is 0 Å². The average molecular weight is 232 g/mol. The third kappa shape index (κ3) is 3.26. The molecule has 1 aromatic rings. The molecule has 0 amide bonds. The fourth-order valence-corrected chi connectivity index (χ4v) is 2.04. The van der Waals surface area contributed by atoms with Crippen LogP contribution in [0.25, 0.3) is 0 Å². The molecule has 1 rings (SSSR count). The first-order valence-electron chi connectivity index (χ1n) is 6.29. The molecule has 2 nitrogen and oxygen atoms in total. The zero-order valence-electron chi connectivity index (χ0n) is 10.9. The molecule has 0 saturated carbocycles. The lowest BCUT2D eigenvalue weighted by Gasteiger charge is -2.11. The average Bonchev–Trinajstić information content (AvgIpc) is 2.37. The van der Waals surface area contributed by atoms with Crippen molar-refractivity contribution in [3.8, 4) is 0 Å². The van der Waals surface area contributed by atoms with Crippen molar-refractivity contribution in [3.05, 3.63) is 34.9 Å². The minimum Gasteiger partial charge on any atom is -0.299 e. The van der Waals surface area contributed by atoms with Gasteiger partial charge in [-0.05, 0) is 24.0 Å². The van der Waals surface area contributed by atoms with Gasteiger partial charge in [0.2, 0.25) is 0 Å². The Bertz CT molecular complexity index is 419. The van der Waals surface area contributed by atoms with Gasteiger partial charge in [0.25, 0.3) is 0 Å². The van der Waals surface area contributed by atoms with E-state index in [-0.39, 0.29) is 18.0 Å². The number of hydrogen-bond donors (Lipinski definition) is 0. The van der Waals surface area contributed by atoms with E-state index < -0.39 is 0 Å². The SMILES string of the molecule is CCC(=O)CC(=O)c1cccc(CC)c1CC. The molecule has 0 bridgehead atoms. The summed E-state index contributed by atoms with van der Waals surface area (Å²) in [6.45, 7) is 5.92. The number of ketones is 2. The maximum atomic E-state index is 12.0. The molecule has 0 spiro atoms. The zero-order valence-corrected chi connectivity index (χ0v) is 10.9. The number of hydrogen-bond acceptors (Lipinski definition) is 2. The van der Waals surface area contributed by atoms with Crippen LogP contribution in [0.15, 0.2) is 18.2 Å². The summed E-state index contributed by atoms with van der Waals surface area (Å²) in [6, 6.07) is 5.79. The summed E-state index contributed by atoms with van der Waals surface area (Å²) < 4.78 is 0. The summed E-state index contributed by atoms with van der Waals surface area (Å²) in [6.07, 6.45) is 2.23. The minimum absolute atomic E-state index is 0.0129. The van der Waals surface area contributed by atoms with E-state index in [0.717, 1.165) is 24.0 Å². The van der Waals surface area contributed by atoms with E-state index in [4.69, 9.17) is 0 Å². The monoisotopic (exact) mass is 232 g/mol. The smallest absolute Gasteiger partial charge is 0.170 e. The molecule has 2 heteroatoms. The van der Waals surface area contributed by atoms with Crippen molar-refractivity contribution in [2.45, 2.75) is 46.5 Å². The summed E-state index contributed by atoms with van der Waals surface area (Å²) in [4.78, 5) is 23.4. The van der Waals surface area contributed by atoms with Gasteiger partial charge in [-0.1, -0.05) is 39.0 Å². The highest BCUT2D eigenvalue weighted by Crippen LogP contribution is 2.18. The van der Waals surface area contributed by atoms with Crippen molar-refractivity contribution in [3.63, 3.8) is 0 Å². The lowest BCUT2D eigenvalue weighted by atomic mass is 9.93. The molecule has 0 fully saturated rings. The van der Waals surface area contributed by atoms with Crippen molar-refractivity contribution >= 4 is 11.6 Å². The van der Waals surface area contributed by atoms with Gasteiger partial charge < -0.3 is 0 Å². The Kier molecular flexibility index (Phi) is 5.08. The molecule has 0 unspecified atom stereocenters. The largest absolute Gasteiger partial charge is 0.299 e. The lowest BCUT2D eigenvalue weighted by Crippen LogP contribution is -2.10. The van der Waals surface area contributed by atoms with Crippen molar-refractivity contribution < 1.29 is 9.59 Å². The first kappa shape index (κ1) is 13.6. The molecule has 0 aliphatic rings. The van der Waals surface area contributed by atoms with E-state index in [1.807, 2.05) is 19.1 Å². The van der Waals surface area contributed by atoms with E-state index in [2.05, 4.69) is 13.0 Å². The van der Waals surface area contributed by atoms with Gasteiger partial charge in [0.1, 0.15) is 5.78 Å². The number of aryl methyl sites for hydroxylation is 1. The molecular formula is C15H20O2. The van der Waals surface area contributed by atoms with Gasteiger partial charge in [-0.25, -0.2) is 0 Å². The van der Waals surface area contributed by atoms with Crippen molar-refractivity contribution in [2.75, 3.05) is 0 Å². The van der Waals surface area contributed by atoms with Crippen LogP contribution in [0.2, 0.25) is 0 Å². The van der Waals surface area contributed by atoms with E-state index in [9.17, 15) is 9.59 Å². The van der Waals surface area contributed by atoms with Crippen LogP contribution in [-0.4, -0.2) is 11.6 Å². The minimum atomic E-state index is -0.0380. The molecule has 0 heterocycles. The summed E-state index contributed by atoms with van der Waals surface area (Å²) in [5, 5.41) is 0. The highest BCUT2D eigenvalue weighted by atomic mass is 16.1. The van der Waals surface area contributed by atoms with Crippen LogP contribution in [0.3, 0.4) is 0 Å². The number of Topliss-reactive ketones (excluding diaryl/α,β-unsaturated/α-hetero) is 2. The van der Waals surface area contributed by atoms with Crippen molar-refractivity contribution in [1.29, 1.82) is 0 Å². The predicted octanol–water partition coefficient (Wildman–Crippen LogP) is 3.36. The van der Waals surface area contributed by atoms with E-state index >= 15 is 0 Å². The fraction of sp³-hybridized carbons (Fsp3) is 0.467. The van der Waals surface area contributed by atoms with Gasteiger partial charge in [0, 0.05) is 12.0 Å². The standard InChI is InChI=1S/C15H20O2/c1-4-11-8-7-9-14(13(11)6-3)15(17)10-12(16)5-2/h7-9H,4-6,10H2,1-3H3. The molecular weight excluding hydrogens is 212 g/mol. The summed E-state index contributed by atoms with van der Waals surface area (Å²) in [5.74, 6) is -0.0250. The molecule has 0 N–H and O–H groups in total. The second-order valence-corrected chi connectivity index (χ2v) is 4.14. The molecule has 0 saturated heterocycles. The molecule has 0 radical (unpaired) electrons. The Morgan fingerprint density at radius 1 is 1.06 bits per heavy atom. The first-order valence-corrected chi connectivity index (χ1v) is 6.29. The molecule has 0 aliphatic carbocycles. The Morgan fingerprint density at radius 3 is 2.29 bits per heavy atom. The number of carbonyl (C=O) groups is 2. The molecule has 1 aromatic carbocycles. The van der Waals surface area contributed by atoms with E-state index in [1.54, 1.807) is 6.92 Å². The van der Waals surface area contributed by atoms with E-state index in [1.165, 1.54) is 5.56 Å². The third-order valence-electron chi connectivity index (χ3n) is 3.06. The Hall–Kier alpha value is -1.44. The number of benzene rings is 1. The van der Waals surface area contributed by atoms with Crippen LogP contribution >= 0.6 is 0 Å². The number of carbonyl (C=O) groups excluding carboxylic acids is 2. The Balaban J connectivity index is 3.04. The molecule has 0 atom stereocenters. The maximum Gasteiger partial charge on any atom is 0.170 e. The highest BCUT2D eigenvalue weighted by Gasteiger charge is 2.15. The van der Waals surface area contributed by atoms with Crippen LogP contribution in [-0.2, 0) is 17.6 Å². The summed E-state index contributed by atoms with van der Waals surface area (Å²) in [7, 11) is 0. The first-order chi connectivity index (χ1) is 8.13. The Labute approximate surface area is 103 Å². The zero-order chi connectivity index (χ0) is 12.8. The molecule has 0 aromatic heterocycles. The summed E-state index contributed by atoms with van der Waals surface area (Å²) >= 11 is 0. The van der Waals surface area contributed by atoms with E-state index in [0.29, 0.717) is 6.42 Å². The van der Waals surface area contributed by atoms with Gasteiger partial charge in [-0.15, -0.1) is 0 Å². The second-order valence-electron chi connectivity index (χ2n) is 4.14. The van der Waals surface area contributed by atoms with Crippen molar-refractivity contribution in [1.82, 2.24) is 0 Å². The molecule has 0 aliphatic heterocycles. The van der Waals surface area contributed by atoms with Crippen LogP contribution in [0, 0.1) is 0 Å². The quantitative estimate of drug-likeness (QED) is 0.556. The Morgan fingerprint density at radius 2 is 1.76 bits per heavy atom. The number of rotatable bonds is 6. The normalized spacial score (nSPS) is 10.3. The van der Waals surface area contributed by atoms with Crippen LogP contribution < -0.4 is 0 Å². The summed E-state index contributed by atoms with van der Waals surface area (Å²) in [5.41, 5.74) is 3.04. The topological polar surface area (TPSA) is 34.1 Å². The van der Waals surface area contributed by atoms with Crippen LogP contribution in [0.4, 0.5) is 0 Å². The highest BCUT2D eigenvalue weighted by molar-refractivity contribution is 6.08. The predicted molar refractivity (Wildman–Crippen MR) is 69.4 cm³/mol.